The Morgan fingerprint density at radius 1 is 1.30 bits per heavy atom. The van der Waals surface area contributed by atoms with Crippen molar-refractivity contribution in [1.82, 2.24) is 0 Å². The summed E-state index contributed by atoms with van der Waals surface area (Å²) >= 11 is 1.46. The molecule has 0 fully saturated rings. The normalized spacial score (nSPS) is 14.8. The Kier molecular flexibility index (Phi) is 4.74. The minimum absolute atomic E-state index is 0.136. The van der Waals surface area contributed by atoms with Gasteiger partial charge in [0.25, 0.3) is 0 Å². The van der Waals surface area contributed by atoms with Gasteiger partial charge in [0, 0.05) is 16.9 Å². The lowest BCUT2D eigenvalue weighted by molar-refractivity contribution is -0.138. The van der Waals surface area contributed by atoms with Crippen LogP contribution in [0.15, 0.2) is 46.6 Å². The summed E-state index contributed by atoms with van der Waals surface area (Å²) in [5, 5.41) is 0.735. The van der Waals surface area contributed by atoms with Gasteiger partial charge in [-0.25, -0.2) is 9.79 Å². The number of aliphatic imine (C=N–C) groups is 1. The highest BCUT2D eigenvalue weighted by molar-refractivity contribution is 8.14. The molecule has 5 heteroatoms. The summed E-state index contributed by atoms with van der Waals surface area (Å²) in [6.07, 6.45) is 0. The number of hydrogen-bond acceptors (Lipinski definition) is 5. The highest BCUT2D eigenvalue weighted by Crippen LogP contribution is 2.27. The maximum Gasteiger partial charge on any atom is 0.357 e. The van der Waals surface area contributed by atoms with Crippen LogP contribution < -0.4 is 0 Å². The van der Waals surface area contributed by atoms with Gasteiger partial charge in [-0.3, -0.25) is 4.79 Å². The molecule has 0 unspecified atom stereocenters. The third-order valence-corrected chi connectivity index (χ3v) is 3.80. The molecule has 1 aromatic carbocycles. The summed E-state index contributed by atoms with van der Waals surface area (Å²) in [5.41, 5.74) is 1.49. The van der Waals surface area contributed by atoms with E-state index >= 15 is 0 Å². The van der Waals surface area contributed by atoms with Crippen molar-refractivity contribution in [3.8, 4) is 0 Å². The number of Topliss-reactive ketones (excluding diaryl/α,β-unsaturated/α-hetero) is 1. The lowest BCUT2D eigenvalue weighted by atomic mass is 10.1. The molecule has 0 amide bonds. The van der Waals surface area contributed by atoms with Gasteiger partial charge in [-0.2, -0.15) is 0 Å². The molecule has 1 aromatic rings. The monoisotopic (exact) mass is 289 g/mol. The number of benzene rings is 1. The lowest BCUT2D eigenvalue weighted by Gasteiger charge is -2.16. The second-order valence-electron chi connectivity index (χ2n) is 4.18. The average molecular weight is 289 g/mol. The SMILES string of the molecule is CCOC(=O)C1=C(C(C)=O)CSC(c2ccccc2)=N1. The molecule has 0 saturated carbocycles. The number of carbonyl (C=O) groups is 2. The molecule has 2 rings (SSSR count). The van der Waals surface area contributed by atoms with Crippen LogP contribution in [0, 0.1) is 0 Å². The van der Waals surface area contributed by atoms with Crippen molar-refractivity contribution >= 4 is 28.6 Å². The van der Waals surface area contributed by atoms with E-state index < -0.39 is 5.97 Å². The van der Waals surface area contributed by atoms with Crippen LogP contribution in [0.3, 0.4) is 0 Å². The first-order valence-electron chi connectivity index (χ1n) is 6.31. The van der Waals surface area contributed by atoms with E-state index in [1.807, 2.05) is 30.3 Å². The van der Waals surface area contributed by atoms with Gasteiger partial charge < -0.3 is 4.74 Å². The Hall–Kier alpha value is -1.88. The number of nitrogens with zero attached hydrogens (tertiary/aromatic N) is 1. The number of rotatable bonds is 4. The number of hydrogen-bond donors (Lipinski definition) is 0. The Morgan fingerprint density at radius 3 is 2.60 bits per heavy atom. The van der Waals surface area contributed by atoms with E-state index in [1.54, 1.807) is 6.92 Å². The summed E-state index contributed by atoms with van der Waals surface area (Å²) in [4.78, 5) is 27.9. The lowest BCUT2D eigenvalue weighted by Crippen LogP contribution is -2.18. The van der Waals surface area contributed by atoms with E-state index in [9.17, 15) is 9.59 Å². The molecular weight excluding hydrogens is 274 g/mol. The second-order valence-corrected chi connectivity index (χ2v) is 5.14. The van der Waals surface area contributed by atoms with E-state index in [2.05, 4.69) is 4.99 Å². The van der Waals surface area contributed by atoms with Gasteiger partial charge >= 0.3 is 5.97 Å². The molecule has 1 heterocycles. The fourth-order valence-electron chi connectivity index (χ4n) is 1.78. The van der Waals surface area contributed by atoms with Gasteiger partial charge in [-0.15, -0.1) is 11.8 Å². The molecule has 0 N–H and O–H groups in total. The molecule has 20 heavy (non-hydrogen) atoms. The van der Waals surface area contributed by atoms with Gasteiger partial charge in [0.2, 0.25) is 0 Å². The number of ether oxygens (including phenoxy) is 1. The zero-order valence-electron chi connectivity index (χ0n) is 11.4. The molecule has 1 aliphatic rings. The highest BCUT2D eigenvalue weighted by atomic mass is 32.2. The smallest absolute Gasteiger partial charge is 0.357 e. The highest BCUT2D eigenvalue weighted by Gasteiger charge is 2.25. The molecular formula is C15H15NO3S. The number of esters is 1. The van der Waals surface area contributed by atoms with E-state index in [1.165, 1.54) is 18.7 Å². The van der Waals surface area contributed by atoms with Crippen molar-refractivity contribution in [2.24, 2.45) is 4.99 Å². The van der Waals surface area contributed by atoms with Crippen molar-refractivity contribution in [2.45, 2.75) is 13.8 Å². The van der Waals surface area contributed by atoms with E-state index in [0.717, 1.165) is 10.6 Å². The van der Waals surface area contributed by atoms with Gasteiger partial charge in [0.1, 0.15) is 5.04 Å². The maximum atomic E-state index is 11.9. The van der Waals surface area contributed by atoms with Gasteiger partial charge in [0.15, 0.2) is 11.5 Å². The zero-order chi connectivity index (χ0) is 14.5. The van der Waals surface area contributed by atoms with Crippen LogP contribution in [-0.4, -0.2) is 29.2 Å². The number of ketones is 1. The Bertz CT molecular complexity index is 590. The van der Waals surface area contributed by atoms with Crippen molar-refractivity contribution in [3.05, 3.63) is 47.2 Å². The van der Waals surface area contributed by atoms with Crippen LogP contribution >= 0.6 is 11.8 Å². The first-order chi connectivity index (χ1) is 9.63. The Labute approximate surface area is 121 Å². The Morgan fingerprint density at radius 2 is 2.00 bits per heavy atom. The minimum atomic E-state index is -0.536. The molecule has 0 aliphatic carbocycles. The zero-order valence-corrected chi connectivity index (χ0v) is 12.2. The van der Waals surface area contributed by atoms with E-state index in [4.69, 9.17) is 4.74 Å². The molecule has 0 bridgehead atoms. The minimum Gasteiger partial charge on any atom is -0.461 e. The first kappa shape index (κ1) is 14.5. The summed E-state index contributed by atoms with van der Waals surface area (Å²) in [5.74, 6) is -0.236. The molecule has 4 nitrogen and oxygen atoms in total. The summed E-state index contributed by atoms with van der Waals surface area (Å²) in [7, 11) is 0. The fraction of sp³-hybridized carbons (Fsp3) is 0.267. The summed E-state index contributed by atoms with van der Waals surface area (Å²) in [6, 6.07) is 9.58. The van der Waals surface area contributed by atoms with Crippen molar-refractivity contribution in [3.63, 3.8) is 0 Å². The predicted molar refractivity (Wildman–Crippen MR) is 79.8 cm³/mol. The maximum absolute atomic E-state index is 11.9. The third-order valence-electron chi connectivity index (χ3n) is 2.77. The molecule has 0 saturated heterocycles. The molecule has 1 aliphatic heterocycles. The van der Waals surface area contributed by atoms with Crippen LogP contribution in [0.1, 0.15) is 19.4 Å². The third kappa shape index (κ3) is 3.17. The topological polar surface area (TPSA) is 55.7 Å². The number of carbonyl (C=O) groups excluding carboxylic acids is 2. The van der Waals surface area contributed by atoms with Gasteiger partial charge in [-0.1, -0.05) is 30.3 Å². The number of thioether (sulfide) groups is 1. The summed E-state index contributed by atoms with van der Waals surface area (Å²) in [6.45, 7) is 3.43. The van der Waals surface area contributed by atoms with Crippen LogP contribution in [0.2, 0.25) is 0 Å². The van der Waals surface area contributed by atoms with Crippen LogP contribution in [-0.2, 0) is 14.3 Å². The van der Waals surface area contributed by atoms with Gasteiger partial charge in [0.05, 0.1) is 6.61 Å². The molecule has 0 aromatic heterocycles. The summed E-state index contributed by atoms with van der Waals surface area (Å²) < 4.78 is 4.98. The van der Waals surface area contributed by atoms with E-state index in [-0.39, 0.29) is 18.1 Å². The average Bonchev–Trinajstić information content (AvgIpc) is 2.47. The standard InChI is InChI=1S/C15H15NO3S/c1-3-19-15(18)13-12(10(2)17)9-20-14(16-13)11-7-5-4-6-8-11/h4-8H,3,9H2,1-2H3. The molecule has 0 atom stereocenters. The van der Waals surface area contributed by atoms with Crippen molar-refractivity contribution in [1.29, 1.82) is 0 Å². The molecule has 0 spiro atoms. The quantitative estimate of drug-likeness (QED) is 0.799. The molecule has 104 valence electrons. The van der Waals surface area contributed by atoms with E-state index in [0.29, 0.717) is 11.3 Å². The molecule has 0 radical (unpaired) electrons. The van der Waals surface area contributed by atoms with Gasteiger partial charge in [-0.05, 0) is 13.8 Å². The largest absolute Gasteiger partial charge is 0.461 e. The van der Waals surface area contributed by atoms with Crippen LogP contribution in [0.5, 0.6) is 0 Å². The van der Waals surface area contributed by atoms with Crippen LogP contribution in [0.25, 0.3) is 0 Å². The fourth-order valence-corrected chi connectivity index (χ4v) is 2.86. The Balaban J connectivity index is 2.42. The van der Waals surface area contributed by atoms with Crippen LogP contribution in [0.4, 0.5) is 0 Å². The second kappa shape index (κ2) is 6.52. The van der Waals surface area contributed by atoms with Crippen molar-refractivity contribution in [2.75, 3.05) is 12.4 Å². The first-order valence-corrected chi connectivity index (χ1v) is 7.30. The predicted octanol–water partition coefficient (Wildman–Crippen LogP) is 2.59. The van der Waals surface area contributed by atoms with Crippen molar-refractivity contribution < 1.29 is 14.3 Å².